The normalized spacial score (nSPS) is 16.2. The highest BCUT2D eigenvalue weighted by atomic mass is 16.2. The van der Waals surface area contributed by atoms with Crippen LogP contribution in [0.1, 0.15) is 31.7 Å². The van der Waals surface area contributed by atoms with E-state index in [2.05, 4.69) is 17.7 Å². The van der Waals surface area contributed by atoms with Crippen molar-refractivity contribution in [2.45, 2.75) is 32.6 Å². The SMILES string of the molecule is CCc1ccc(NC(=O)N2CCCCCN2)cc1. The van der Waals surface area contributed by atoms with Crippen LogP contribution in [0, 0.1) is 0 Å². The average molecular weight is 247 g/mol. The molecule has 18 heavy (non-hydrogen) atoms. The number of urea groups is 1. The van der Waals surface area contributed by atoms with E-state index in [1.807, 2.05) is 24.3 Å². The van der Waals surface area contributed by atoms with Gasteiger partial charge in [0.1, 0.15) is 0 Å². The van der Waals surface area contributed by atoms with Gasteiger partial charge < -0.3 is 5.32 Å². The predicted octanol–water partition coefficient (Wildman–Crippen LogP) is 2.77. The van der Waals surface area contributed by atoms with Gasteiger partial charge in [0.25, 0.3) is 0 Å². The van der Waals surface area contributed by atoms with Crippen LogP contribution in [0.25, 0.3) is 0 Å². The molecule has 0 unspecified atom stereocenters. The molecule has 1 aliphatic rings. The van der Waals surface area contributed by atoms with Gasteiger partial charge in [0, 0.05) is 18.8 Å². The Labute approximate surface area is 108 Å². The van der Waals surface area contributed by atoms with E-state index >= 15 is 0 Å². The second kappa shape index (κ2) is 6.40. The molecule has 1 fully saturated rings. The fourth-order valence-corrected chi connectivity index (χ4v) is 2.05. The van der Waals surface area contributed by atoms with Crippen molar-refractivity contribution in [3.05, 3.63) is 29.8 Å². The van der Waals surface area contributed by atoms with Crippen LogP contribution in [0.15, 0.2) is 24.3 Å². The summed E-state index contributed by atoms with van der Waals surface area (Å²) in [6.45, 7) is 3.77. The first kappa shape index (κ1) is 12.9. The number of hydrazine groups is 1. The molecule has 0 spiro atoms. The third kappa shape index (κ3) is 3.47. The van der Waals surface area contributed by atoms with E-state index in [1.165, 1.54) is 12.0 Å². The number of carbonyl (C=O) groups is 1. The average Bonchev–Trinajstić information content (AvgIpc) is 2.68. The van der Waals surface area contributed by atoms with Gasteiger partial charge in [-0.3, -0.25) is 5.01 Å². The number of carbonyl (C=O) groups excluding carboxylic acids is 1. The number of rotatable bonds is 2. The maximum atomic E-state index is 12.0. The zero-order valence-electron chi connectivity index (χ0n) is 10.9. The predicted molar refractivity (Wildman–Crippen MR) is 73.4 cm³/mol. The minimum atomic E-state index is -0.0684. The molecule has 1 aliphatic heterocycles. The molecule has 2 rings (SSSR count). The molecule has 0 saturated carbocycles. The Morgan fingerprint density at radius 2 is 2.06 bits per heavy atom. The van der Waals surface area contributed by atoms with E-state index in [1.54, 1.807) is 5.01 Å². The third-order valence-corrected chi connectivity index (χ3v) is 3.22. The summed E-state index contributed by atoms with van der Waals surface area (Å²) in [5, 5.41) is 4.60. The summed E-state index contributed by atoms with van der Waals surface area (Å²) < 4.78 is 0. The Morgan fingerprint density at radius 1 is 1.28 bits per heavy atom. The van der Waals surface area contributed by atoms with Crippen LogP contribution in [-0.2, 0) is 6.42 Å². The maximum absolute atomic E-state index is 12.0. The summed E-state index contributed by atoms with van der Waals surface area (Å²) in [5.74, 6) is 0. The molecule has 0 aliphatic carbocycles. The second-order valence-electron chi connectivity index (χ2n) is 4.60. The molecule has 0 radical (unpaired) electrons. The summed E-state index contributed by atoms with van der Waals surface area (Å²) in [6.07, 6.45) is 4.40. The largest absolute Gasteiger partial charge is 0.336 e. The number of anilines is 1. The number of aryl methyl sites for hydroxylation is 1. The molecule has 2 N–H and O–H groups in total. The molecular formula is C14H21N3O. The Balaban J connectivity index is 1.92. The van der Waals surface area contributed by atoms with E-state index in [0.29, 0.717) is 0 Å². The van der Waals surface area contributed by atoms with E-state index in [0.717, 1.165) is 38.0 Å². The van der Waals surface area contributed by atoms with Crippen LogP contribution in [-0.4, -0.2) is 24.1 Å². The van der Waals surface area contributed by atoms with E-state index in [9.17, 15) is 4.79 Å². The van der Waals surface area contributed by atoms with Crippen molar-refractivity contribution in [1.29, 1.82) is 0 Å². The van der Waals surface area contributed by atoms with Crippen LogP contribution in [0.4, 0.5) is 10.5 Å². The van der Waals surface area contributed by atoms with Crippen molar-refractivity contribution in [1.82, 2.24) is 10.4 Å². The van der Waals surface area contributed by atoms with E-state index < -0.39 is 0 Å². The molecule has 1 saturated heterocycles. The summed E-state index contributed by atoms with van der Waals surface area (Å²) in [5.41, 5.74) is 5.27. The lowest BCUT2D eigenvalue weighted by atomic mass is 10.1. The molecule has 4 heteroatoms. The molecule has 1 aromatic rings. The van der Waals surface area contributed by atoms with Crippen molar-refractivity contribution < 1.29 is 4.79 Å². The molecular weight excluding hydrogens is 226 g/mol. The van der Waals surface area contributed by atoms with Crippen molar-refractivity contribution >= 4 is 11.7 Å². The third-order valence-electron chi connectivity index (χ3n) is 3.22. The Hall–Kier alpha value is -1.55. The number of nitrogens with zero attached hydrogens (tertiary/aromatic N) is 1. The van der Waals surface area contributed by atoms with Gasteiger partial charge in [-0.15, -0.1) is 0 Å². The van der Waals surface area contributed by atoms with Gasteiger partial charge in [0.2, 0.25) is 0 Å². The standard InChI is InChI=1S/C14H21N3O/c1-2-12-6-8-13(9-7-12)16-14(18)17-11-5-3-4-10-15-17/h6-9,15H,2-5,10-11H2,1H3,(H,16,18). The van der Waals surface area contributed by atoms with Gasteiger partial charge >= 0.3 is 6.03 Å². The van der Waals surface area contributed by atoms with E-state index in [4.69, 9.17) is 0 Å². The molecule has 0 aromatic heterocycles. The first-order chi connectivity index (χ1) is 8.79. The molecule has 4 nitrogen and oxygen atoms in total. The first-order valence-corrected chi connectivity index (χ1v) is 6.70. The highest BCUT2D eigenvalue weighted by molar-refractivity contribution is 5.88. The van der Waals surface area contributed by atoms with E-state index in [-0.39, 0.29) is 6.03 Å². The first-order valence-electron chi connectivity index (χ1n) is 6.70. The van der Waals surface area contributed by atoms with Crippen molar-refractivity contribution in [2.24, 2.45) is 0 Å². The smallest absolute Gasteiger partial charge is 0.307 e. The lowest BCUT2D eigenvalue weighted by Gasteiger charge is -2.21. The quantitative estimate of drug-likeness (QED) is 0.844. The van der Waals surface area contributed by atoms with Crippen molar-refractivity contribution in [2.75, 3.05) is 18.4 Å². The van der Waals surface area contributed by atoms with Crippen molar-refractivity contribution in [3.63, 3.8) is 0 Å². The van der Waals surface area contributed by atoms with Crippen LogP contribution >= 0.6 is 0 Å². The van der Waals surface area contributed by atoms with Gasteiger partial charge in [0.05, 0.1) is 0 Å². The Kier molecular flexibility index (Phi) is 4.59. The zero-order valence-corrected chi connectivity index (χ0v) is 10.9. The molecule has 1 heterocycles. The van der Waals surface area contributed by atoms with Crippen LogP contribution < -0.4 is 10.7 Å². The van der Waals surface area contributed by atoms with Gasteiger partial charge in [-0.25, -0.2) is 10.2 Å². The van der Waals surface area contributed by atoms with Gasteiger partial charge in [-0.1, -0.05) is 25.5 Å². The molecule has 98 valence electrons. The molecule has 0 bridgehead atoms. The minimum Gasteiger partial charge on any atom is -0.307 e. The number of nitrogens with one attached hydrogen (secondary N) is 2. The number of amides is 2. The highest BCUT2D eigenvalue weighted by Crippen LogP contribution is 2.11. The summed E-state index contributed by atoms with van der Waals surface area (Å²) in [4.78, 5) is 12.0. The van der Waals surface area contributed by atoms with Crippen LogP contribution in [0.5, 0.6) is 0 Å². The number of benzene rings is 1. The van der Waals surface area contributed by atoms with Gasteiger partial charge in [-0.2, -0.15) is 0 Å². The minimum absolute atomic E-state index is 0.0684. The van der Waals surface area contributed by atoms with Gasteiger partial charge in [0.15, 0.2) is 0 Å². The fraction of sp³-hybridized carbons (Fsp3) is 0.500. The summed E-state index contributed by atoms with van der Waals surface area (Å²) in [6, 6.07) is 7.93. The second-order valence-corrected chi connectivity index (χ2v) is 4.60. The Bertz CT molecular complexity index is 381. The zero-order chi connectivity index (χ0) is 12.8. The van der Waals surface area contributed by atoms with Crippen LogP contribution in [0.3, 0.4) is 0 Å². The molecule has 1 aromatic carbocycles. The number of hydrogen-bond donors (Lipinski definition) is 2. The summed E-state index contributed by atoms with van der Waals surface area (Å²) in [7, 11) is 0. The van der Waals surface area contributed by atoms with Crippen molar-refractivity contribution in [3.8, 4) is 0 Å². The lowest BCUT2D eigenvalue weighted by Crippen LogP contribution is -2.44. The number of hydrogen-bond acceptors (Lipinski definition) is 2. The monoisotopic (exact) mass is 247 g/mol. The van der Waals surface area contributed by atoms with Crippen LogP contribution in [0.2, 0.25) is 0 Å². The highest BCUT2D eigenvalue weighted by Gasteiger charge is 2.14. The van der Waals surface area contributed by atoms with Gasteiger partial charge in [-0.05, 0) is 37.0 Å². The Morgan fingerprint density at radius 3 is 2.78 bits per heavy atom. The lowest BCUT2D eigenvalue weighted by molar-refractivity contribution is 0.189. The molecule has 0 atom stereocenters. The maximum Gasteiger partial charge on any atom is 0.336 e. The topological polar surface area (TPSA) is 44.4 Å². The molecule has 2 amide bonds. The summed E-state index contributed by atoms with van der Waals surface area (Å²) >= 11 is 0. The fourth-order valence-electron chi connectivity index (χ4n) is 2.05.